The van der Waals surface area contributed by atoms with Crippen LogP contribution in [0.3, 0.4) is 0 Å². The third-order valence-corrected chi connectivity index (χ3v) is 3.92. The Morgan fingerprint density at radius 1 is 1.39 bits per heavy atom. The number of thiophene rings is 1. The maximum Gasteiger partial charge on any atom is 0.252 e. The second-order valence-electron chi connectivity index (χ2n) is 3.97. The molecule has 94 valence electrons. The van der Waals surface area contributed by atoms with Crippen molar-refractivity contribution in [2.45, 2.75) is 19.9 Å². The standard InChI is InChI=1S/C14H14ClNOS/c1-2-13-7-11(9-18-13)14(17)16-8-10-4-3-5-12(15)6-10/h3-7,9H,2,8H2,1H3,(H,16,17). The normalized spacial score (nSPS) is 10.3. The number of carbonyl (C=O) groups is 1. The Balaban J connectivity index is 1.96. The maximum atomic E-state index is 11.9. The predicted molar refractivity (Wildman–Crippen MR) is 76.3 cm³/mol. The van der Waals surface area contributed by atoms with Crippen LogP contribution in [-0.4, -0.2) is 5.91 Å². The van der Waals surface area contributed by atoms with Crippen LogP contribution in [0.5, 0.6) is 0 Å². The monoisotopic (exact) mass is 279 g/mol. The Labute approximate surface area is 116 Å². The van der Waals surface area contributed by atoms with E-state index in [1.807, 2.05) is 35.7 Å². The first kappa shape index (κ1) is 13.1. The molecule has 1 aromatic heterocycles. The molecule has 2 aromatic rings. The molecule has 2 rings (SSSR count). The molecule has 0 spiro atoms. The third-order valence-electron chi connectivity index (χ3n) is 2.61. The zero-order valence-corrected chi connectivity index (χ0v) is 11.6. The van der Waals surface area contributed by atoms with Crippen LogP contribution in [0.4, 0.5) is 0 Å². The lowest BCUT2D eigenvalue weighted by atomic mass is 10.2. The molecule has 2 nitrogen and oxygen atoms in total. The third kappa shape index (κ3) is 3.34. The SMILES string of the molecule is CCc1cc(C(=O)NCc2cccc(Cl)c2)cs1. The summed E-state index contributed by atoms with van der Waals surface area (Å²) in [7, 11) is 0. The van der Waals surface area contributed by atoms with Crippen molar-refractivity contribution in [2.24, 2.45) is 0 Å². The van der Waals surface area contributed by atoms with Crippen LogP contribution in [0.1, 0.15) is 27.7 Å². The van der Waals surface area contributed by atoms with Crippen molar-refractivity contribution in [1.29, 1.82) is 0 Å². The fourth-order valence-corrected chi connectivity index (χ4v) is 2.64. The number of amides is 1. The summed E-state index contributed by atoms with van der Waals surface area (Å²) in [6.45, 7) is 2.58. The van der Waals surface area contributed by atoms with Crippen LogP contribution < -0.4 is 5.32 Å². The van der Waals surface area contributed by atoms with E-state index in [0.717, 1.165) is 17.5 Å². The van der Waals surface area contributed by atoms with Crippen molar-refractivity contribution >= 4 is 28.8 Å². The quantitative estimate of drug-likeness (QED) is 0.904. The van der Waals surface area contributed by atoms with Gasteiger partial charge in [0.05, 0.1) is 5.56 Å². The van der Waals surface area contributed by atoms with Crippen molar-refractivity contribution in [3.63, 3.8) is 0 Å². The molecule has 0 fully saturated rings. The van der Waals surface area contributed by atoms with Gasteiger partial charge in [-0.2, -0.15) is 0 Å². The van der Waals surface area contributed by atoms with Gasteiger partial charge in [0.1, 0.15) is 0 Å². The topological polar surface area (TPSA) is 29.1 Å². The molecule has 18 heavy (non-hydrogen) atoms. The molecule has 1 heterocycles. The second-order valence-corrected chi connectivity index (χ2v) is 5.40. The summed E-state index contributed by atoms with van der Waals surface area (Å²) >= 11 is 7.51. The van der Waals surface area contributed by atoms with Gasteiger partial charge in [-0.1, -0.05) is 30.7 Å². The molecule has 1 amide bonds. The van der Waals surface area contributed by atoms with E-state index < -0.39 is 0 Å². The van der Waals surface area contributed by atoms with Gasteiger partial charge in [-0.15, -0.1) is 11.3 Å². The first-order chi connectivity index (χ1) is 8.69. The highest BCUT2D eigenvalue weighted by molar-refractivity contribution is 7.10. The Kier molecular flexibility index (Phi) is 4.39. The van der Waals surface area contributed by atoms with Gasteiger partial charge in [0.25, 0.3) is 5.91 Å². The molecule has 0 aliphatic rings. The maximum absolute atomic E-state index is 11.9. The largest absolute Gasteiger partial charge is 0.348 e. The number of hydrogen-bond donors (Lipinski definition) is 1. The average molecular weight is 280 g/mol. The minimum atomic E-state index is -0.0362. The lowest BCUT2D eigenvalue weighted by Crippen LogP contribution is -2.22. The Hall–Kier alpha value is -1.32. The lowest BCUT2D eigenvalue weighted by molar-refractivity contribution is 0.0951. The first-order valence-electron chi connectivity index (χ1n) is 5.79. The molecule has 4 heteroatoms. The van der Waals surface area contributed by atoms with Gasteiger partial charge in [0.2, 0.25) is 0 Å². The number of nitrogens with one attached hydrogen (secondary N) is 1. The predicted octanol–water partition coefficient (Wildman–Crippen LogP) is 3.89. The molecule has 0 unspecified atom stereocenters. The summed E-state index contributed by atoms with van der Waals surface area (Å²) in [5.74, 6) is -0.0362. The van der Waals surface area contributed by atoms with Crippen LogP contribution in [0.25, 0.3) is 0 Å². The van der Waals surface area contributed by atoms with E-state index >= 15 is 0 Å². The number of aryl methyl sites for hydroxylation is 1. The minimum absolute atomic E-state index is 0.0362. The molecule has 0 aliphatic carbocycles. The van der Waals surface area contributed by atoms with Crippen LogP contribution in [0, 0.1) is 0 Å². The van der Waals surface area contributed by atoms with Crippen LogP contribution in [0.15, 0.2) is 35.7 Å². The fourth-order valence-electron chi connectivity index (χ4n) is 1.62. The Morgan fingerprint density at radius 3 is 2.89 bits per heavy atom. The number of carbonyl (C=O) groups excluding carboxylic acids is 1. The van der Waals surface area contributed by atoms with E-state index in [1.165, 1.54) is 4.88 Å². The van der Waals surface area contributed by atoms with Crippen LogP contribution in [0.2, 0.25) is 5.02 Å². The first-order valence-corrected chi connectivity index (χ1v) is 7.05. The summed E-state index contributed by atoms with van der Waals surface area (Å²) in [6, 6.07) is 9.44. The van der Waals surface area contributed by atoms with E-state index in [2.05, 4.69) is 12.2 Å². The highest BCUT2D eigenvalue weighted by Gasteiger charge is 2.07. The van der Waals surface area contributed by atoms with Crippen molar-refractivity contribution in [1.82, 2.24) is 5.32 Å². The highest BCUT2D eigenvalue weighted by atomic mass is 35.5. The molecule has 0 saturated carbocycles. The van der Waals surface area contributed by atoms with Crippen molar-refractivity contribution in [2.75, 3.05) is 0 Å². The Bertz CT molecular complexity index is 550. The van der Waals surface area contributed by atoms with Gasteiger partial charge in [-0.3, -0.25) is 4.79 Å². The molecule has 0 atom stereocenters. The summed E-state index contributed by atoms with van der Waals surface area (Å²) in [5.41, 5.74) is 1.74. The van der Waals surface area contributed by atoms with E-state index in [4.69, 9.17) is 11.6 Å². The molecule has 1 aromatic carbocycles. The van der Waals surface area contributed by atoms with Crippen LogP contribution in [-0.2, 0) is 13.0 Å². The van der Waals surface area contributed by atoms with E-state index in [1.54, 1.807) is 11.3 Å². The smallest absolute Gasteiger partial charge is 0.252 e. The minimum Gasteiger partial charge on any atom is -0.348 e. The zero-order chi connectivity index (χ0) is 13.0. The van der Waals surface area contributed by atoms with Gasteiger partial charge >= 0.3 is 0 Å². The number of rotatable bonds is 4. The van der Waals surface area contributed by atoms with E-state index in [0.29, 0.717) is 11.6 Å². The van der Waals surface area contributed by atoms with Crippen molar-refractivity contribution in [3.05, 3.63) is 56.7 Å². The van der Waals surface area contributed by atoms with E-state index in [-0.39, 0.29) is 5.91 Å². The second kappa shape index (κ2) is 6.03. The molecule has 0 radical (unpaired) electrons. The summed E-state index contributed by atoms with van der Waals surface area (Å²) in [4.78, 5) is 13.1. The van der Waals surface area contributed by atoms with Gasteiger partial charge < -0.3 is 5.32 Å². The molecular formula is C14H14ClNOS. The van der Waals surface area contributed by atoms with E-state index in [9.17, 15) is 4.79 Å². The molecule has 1 N–H and O–H groups in total. The van der Waals surface area contributed by atoms with Gasteiger partial charge in [0, 0.05) is 21.8 Å². The molecule has 0 saturated heterocycles. The zero-order valence-electron chi connectivity index (χ0n) is 10.1. The molecule has 0 bridgehead atoms. The number of benzene rings is 1. The number of halogens is 1. The average Bonchev–Trinajstić information content (AvgIpc) is 2.85. The number of hydrogen-bond acceptors (Lipinski definition) is 2. The van der Waals surface area contributed by atoms with Gasteiger partial charge in [0.15, 0.2) is 0 Å². The Morgan fingerprint density at radius 2 is 2.22 bits per heavy atom. The van der Waals surface area contributed by atoms with Crippen molar-refractivity contribution < 1.29 is 4.79 Å². The van der Waals surface area contributed by atoms with Gasteiger partial charge in [-0.25, -0.2) is 0 Å². The highest BCUT2D eigenvalue weighted by Crippen LogP contribution is 2.15. The van der Waals surface area contributed by atoms with Crippen molar-refractivity contribution in [3.8, 4) is 0 Å². The summed E-state index contributed by atoms with van der Waals surface area (Å²) < 4.78 is 0. The fraction of sp³-hybridized carbons (Fsp3) is 0.214. The summed E-state index contributed by atoms with van der Waals surface area (Å²) in [5, 5.41) is 5.47. The van der Waals surface area contributed by atoms with Gasteiger partial charge in [-0.05, 0) is 30.2 Å². The van der Waals surface area contributed by atoms with Crippen LogP contribution >= 0.6 is 22.9 Å². The molecular weight excluding hydrogens is 266 g/mol. The summed E-state index contributed by atoms with van der Waals surface area (Å²) in [6.07, 6.45) is 0.965. The lowest BCUT2D eigenvalue weighted by Gasteiger charge is -2.04. The molecule has 0 aliphatic heterocycles.